The summed E-state index contributed by atoms with van der Waals surface area (Å²) in [5.74, 6) is 1.37. The van der Waals surface area contributed by atoms with Gasteiger partial charge in [0.25, 0.3) is 0 Å². The van der Waals surface area contributed by atoms with E-state index in [1.165, 1.54) is 40.5 Å². The van der Waals surface area contributed by atoms with Gasteiger partial charge >= 0.3 is 6.09 Å². The molecule has 16 heteroatoms. The number of rotatable bonds is 13. The summed E-state index contributed by atoms with van der Waals surface area (Å²) in [6, 6.07) is 3.25. The van der Waals surface area contributed by atoms with Crippen LogP contribution in [-0.4, -0.2) is 122 Å². The number of likely N-dealkylation sites (tertiary alicyclic amines) is 2. The van der Waals surface area contributed by atoms with Gasteiger partial charge in [-0.2, -0.15) is 0 Å². The molecule has 0 radical (unpaired) electrons. The Morgan fingerprint density at radius 1 is 0.700 bits per heavy atom. The molecule has 2 fully saturated rings. The molecule has 2 saturated heterocycles. The highest BCUT2D eigenvalue weighted by molar-refractivity contribution is 7.15. The van der Waals surface area contributed by atoms with Crippen LogP contribution >= 0.6 is 9.24 Å². The molecule has 70 heavy (non-hydrogen) atoms. The predicted octanol–water partition coefficient (Wildman–Crippen LogP) is 7.83. The molecule has 7 unspecified atom stereocenters. The van der Waals surface area contributed by atoms with Gasteiger partial charge in [0.05, 0.1) is 55.0 Å². The van der Waals surface area contributed by atoms with Crippen LogP contribution in [0.1, 0.15) is 117 Å². The zero-order chi connectivity index (χ0) is 52.2. The lowest BCUT2D eigenvalue weighted by Gasteiger charge is -2.30. The molecule has 4 N–H and O–H groups in total. The number of ether oxygens (including phenoxy) is 1. The van der Waals surface area contributed by atoms with Gasteiger partial charge in [0, 0.05) is 36.6 Å². The average molecular weight is 985 g/mol. The van der Waals surface area contributed by atoms with Gasteiger partial charge in [-0.05, 0) is 133 Å². The van der Waals surface area contributed by atoms with E-state index in [9.17, 15) is 28.8 Å². The minimum atomic E-state index is -0.573. The summed E-state index contributed by atoms with van der Waals surface area (Å²) in [4.78, 5) is 81.3. The van der Waals surface area contributed by atoms with Crippen molar-refractivity contribution < 1.29 is 33.5 Å². The van der Waals surface area contributed by atoms with Crippen molar-refractivity contribution in [2.24, 2.45) is 23.7 Å². The minimum absolute atomic E-state index is 0.0356. The van der Waals surface area contributed by atoms with Gasteiger partial charge in [-0.15, -0.1) is 9.24 Å². The number of nitrogens with zero attached hydrogens (tertiary/aromatic N) is 4. The number of nitrogens with one attached hydrogen (secondary N) is 4. The smallest absolute Gasteiger partial charge is 0.407 e. The summed E-state index contributed by atoms with van der Waals surface area (Å²) in [5, 5.41) is 11.2. The Morgan fingerprint density at radius 3 is 1.40 bits per heavy atom. The third-order valence-corrected chi connectivity index (χ3v) is 14.2. The molecule has 15 nitrogen and oxygen atoms in total. The van der Waals surface area contributed by atoms with E-state index in [-0.39, 0.29) is 52.6 Å². The first kappa shape index (κ1) is 57.5. The molecule has 2 aliphatic heterocycles. The summed E-state index contributed by atoms with van der Waals surface area (Å²) in [6.45, 7) is 25.1. The maximum absolute atomic E-state index is 13.4. The number of likely N-dealkylation sites (N-methyl/N-ethyl adjacent to an activating group) is 2. The van der Waals surface area contributed by atoms with Crippen LogP contribution in [0.3, 0.4) is 0 Å². The van der Waals surface area contributed by atoms with E-state index in [0.29, 0.717) is 24.5 Å². The molecule has 7 atom stereocenters. The molecule has 0 saturated carbocycles. The first-order valence-electron chi connectivity index (χ1n) is 24.7. The molecule has 0 bridgehead atoms. The van der Waals surface area contributed by atoms with Gasteiger partial charge in [0.2, 0.25) is 18.2 Å². The van der Waals surface area contributed by atoms with Crippen molar-refractivity contribution in [1.82, 2.24) is 30.4 Å². The van der Waals surface area contributed by atoms with E-state index >= 15 is 0 Å². The second-order valence-corrected chi connectivity index (χ2v) is 21.5. The molecule has 4 heterocycles. The van der Waals surface area contributed by atoms with Gasteiger partial charge in [0.15, 0.2) is 0 Å². The SMILES string of the molecule is CC(C)C(C=O)NC=O.CC1CC(C(=O)Nc2cncc(-c3c4c(c(-c5cncc(NC(=O)C6CC(C)CN6C)c5)c5c3C(C)(C)CC5)C(C)(C)CC4)c2)N(C)C1.COC(=O)NC(C=O)C(C)C.CP. The number of alkyl carbamates (subject to hydrolysis) is 1. The maximum Gasteiger partial charge on any atom is 0.407 e. The molecule has 1 aromatic carbocycles. The average Bonchev–Trinajstić information content (AvgIpc) is 4.05. The van der Waals surface area contributed by atoms with Gasteiger partial charge in [-0.25, -0.2) is 4.79 Å². The molecule has 384 valence electrons. The highest BCUT2D eigenvalue weighted by Crippen LogP contribution is 2.56. The first-order chi connectivity index (χ1) is 33.1. The molecule has 4 aliphatic rings. The van der Waals surface area contributed by atoms with E-state index in [4.69, 9.17) is 9.97 Å². The second-order valence-electron chi connectivity index (χ2n) is 21.5. The number of fused-ring (bicyclic) bond motifs is 2. The van der Waals surface area contributed by atoms with Crippen LogP contribution in [0, 0.1) is 23.7 Å². The van der Waals surface area contributed by atoms with Crippen LogP contribution in [0.2, 0.25) is 0 Å². The van der Waals surface area contributed by atoms with E-state index < -0.39 is 12.1 Å². The molecule has 3 aromatic rings. The Bertz CT molecular complexity index is 2190. The number of anilines is 2. The number of aldehydes is 2. The Hall–Kier alpha value is -5.11. The number of carbonyl (C=O) groups is 6. The van der Waals surface area contributed by atoms with Crippen molar-refractivity contribution in [3.05, 3.63) is 59.2 Å². The number of methoxy groups -OCH3 is 1. The zero-order valence-corrected chi connectivity index (χ0v) is 45.4. The number of hydrogen-bond acceptors (Lipinski definition) is 11. The number of pyridine rings is 2. The predicted molar refractivity (Wildman–Crippen MR) is 283 cm³/mol. The van der Waals surface area contributed by atoms with Crippen LogP contribution in [0.4, 0.5) is 16.2 Å². The minimum Gasteiger partial charge on any atom is -0.453 e. The third kappa shape index (κ3) is 13.8. The van der Waals surface area contributed by atoms with E-state index in [0.717, 1.165) is 80.4 Å². The number of hydrogen-bond donors (Lipinski definition) is 4. The van der Waals surface area contributed by atoms with Crippen molar-refractivity contribution in [2.75, 3.05) is 51.6 Å². The summed E-state index contributed by atoms with van der Waals surface area (Å²) >= 11 is 0. The van der Waals surface area contributed by atoms with E-state index in [1.807, 2.05) is 60.8 Å². The molecule has 0 spiro atoms. The topological polar surface area (TPSA) is 192 Å². The van der Waals surface area contributed by atoms with Crippen LogP contribution in [-0.2, 0) is 52.4 Å². The summed E-state index contributed by atoms with van der Waals surface area (Å²) in [7, 11) is 7.75. The van der Waals surface area contributed by atoms with Crippen molar-refractivity contribution in [1.29, 1.82) is 0 Å². The number of aromatic nitrogens is 2. The quantitative estimate of drug-likeness (QED) is 0.0964. The number of carbonyl (C=O) groups excluding carboxylic acids is 6. The molecule has 4 amide bonds. The molecular weight excluding hydrogens is 904 g/mol. The largest absolute Gasteiger partial charge is 0.453 e. The van der Waals surface area contributed by atoms with Crippen LogP contribution in [0.15, 0.2) is 36.9 Å². The lowest BCUT2D eigenvalue weighted by Crippen LogP contribution is -2.39. The summed E-state index contributed by atoms with van der Waals surface area (Å²) < 4.78 is 4.32. The lowest BCUT2D eigenvalue weighted by atomic mass is 9.74. The molecule has 7 rings (SSSR count). The van der Waals surface area contributed by atoms with Crippen molar-refractivity contribution >= 4 is 57.5 Å². The fraction of sp³-hybridized carbons (Fsp3) is 0.593. The third-order valence-electron chi connectivity index (χ3n) is 14.2. The van der Waals surface area contributed by atoms with Crippen LogP contribution in [0.5, 0.6) is 0 Å². The summed E-state index contributed by atoms with van der Waals surface area (Å²) in [6.07, 6.45) is 14.7. The Morgan fingerprint density at radius 2 is 1.10 bits per heavy atom. The number of benzene rings is 1. The normalized spacial score (nSPS) is 21.5. The van der Waals surface area contributed by atoms with Gasteiger partial charge in [0.1, 0.15) is 12.6 Å². The standard InChI is InChI=1S/C40H52N6O2.C7H13NO3.C6H11NO2.CH5P/c1-23-13-31(45(7)21-23)37(47)43-27-15-25(17-41-19-27)33-29-9-11-40(5,6)36(29)34(30-10-12-39(3,4)35(30)33)26-16-28(20-42-18-26)44-38(48)32-14-24(2)22-46(32)8;1-5(2)6(4-9)8-7(10)11-3;1-5(2)6(3-8)7-4-9;1-2/h15-20,23-24,31-32H,9-14,21-22H2,1-8H3,(H,43,47)(H,44,48);4-6H,1-3H3,(H,8,10);3-6H,1-2H3,(H,7,9);2H2,1H3. The fourth-order valence-electron chi connectivity index (χ4n) is 10.5. The van der Waals surface area contributed by atoms with Gasteiger partial charge in [-0.3, -0.25) is 34.2 Å². The highest BCUT2D eigenvalue weighted by atomic mass is 31.0. The Kier molecular flexibility index (Phi) is 20.8. The fourth-order valence-corrected chi connectivity index (χ4v) is 10.5. The first-order valence-corrected chi connectivity index (χ1v) is 25.9. The zero-order valence-electron chi connectivity index (χ0n) is 44.2. The molecular formula is C54H81N8O7P. The monoisotopic (exact) mass is 985 g/mol. The van der Waals surface area contributed by atoms with Gasteiger partial charge < -0.3 is 35.6 Å². The van der Waals surface area contributed by atoms with Crippen molar-refractivity contribution in [3.63, 3.8) is 0 Å². The van der Waals surface area contributed by atoms with Gasteiger partial charge in [-0.1, -0.05) is 75.9 Å². The Labute approximate surface area is 419 Å². The molecule has 2 aromatic heterocycles. The highest BCUT2D eigenvalue weighted by Gasteiger charge is 2.43. The molecule has 2 aliphatic carbocycles. The maximum atomic E-state index is 13.4. The van der Waals surface area contributed by atoms with Crippen LogP contribution in [0.25, 0.3) is 22.3 Å². The van der Waals surface area contributed by atoms with E-state index in [1.54, 1.807) is 12.4 Å². The lowest BCUT2D eigenvalue weighted by molar-refractivity contribution is -0.120. The van der Waals surface area contributed by atoms with Crippen LogP contribution < -0.4 is 21.3 Å². The van der Waals surface area contributed by atoms with Crippen molar-refractivity contribution in [2.45, 2.75) is 143 Å². The number of amides is 4. The van der Waals surface area contributed by atoms with Crippen molar-refractivity contribution in [3.8, 4) is 22.3 Å². The summed E-state index contributed by atoms with van der Waals surface area (Å²) in [5.41, 5.74) is 11.7. The van der Waals surface area contributed by atoms with E-state index in [2.05, 4.69) is 98.7 Å². The Balaban J connectivity index is 0.000000404. The second kappa shape index (κ2) is 25.3.